The van der Waals surface area contributed by atoms with E-state index in [9.17, 15) is 8.42 Å². The summed E-state index contributed by atoms with van der Waals surface area (Å²) in [5.41, 5.74) is 5.98. The van der Waals surface area contributed by atoms with E-state index in [1.807, 2.05) is 0 Å². The van der Waals surface area contributed by atoms with Crippen LogP contribution in [0.4, 0.5) is 11.5 Å². The number of benzene rings is 1. The van der Waals surface area contributed by atoms with Crippen molar-refractivity contribution in [1.29, 1.82) is 0 Å². The van der Waals surface area contributed by atoms with E-state index in [1.165, 1.54) is 30.3 Å². The number of nitrogens with one attached hydrogen (secondary N) is 1. The van der Waals surface area contributed by atoms with E-state index in [0.717, 1.165) is 0 Å². The van der Waals surface area contributed by atoms with Crippen LogP contribution < -0.4 is 15.6 Å². The van der Waals surface area contributed by atoms with Crippen molar-refractivity contribution in [3.8, 4) is 0 Å². The Morgan fingerprint density at radius 1 is 1.33 bits per heavy atom. The lowest BCUT2D eigenvalue weighted by Gasteiger charge is -2.04. The van der Waals surface area contributed by atoms with Gasteiger partial charge in [0, 0.05) is 23.0 Å². The zero-order valence-corrected chi connectivity index (χ0v) is 12.5. The maximum Gasteiger partial charge on any atom is 0.263 e. The maximum absolute atomic E-state index is 11.9. The van der Waals surface area contributed by atoms with Crippen molar-refractivity contribution < 1.29 is 21.7 Å². The van der Waals surface area contributed by atoms with Gasteiger partial charge < -0.3 is 14.8 Å². The van der Waals surface area contributed by atoms with Gasteiger partial charge in [0.1, 0.15) is 5.76 Å². The topological polar surface area (TPSA) is 164 Å². The third kappa shape index (κ3) is 5.91. The second kappa shape index (κ2) is 7.17. The first-order valence-corrected chi connectivity index (χ1v) is 7.98. The van der Waals surface area contributed by atoms with Gasteiger partial charge in [0.15, 0.2) is 5.82 Å². The number of nitrogens with zero attached hydrogens (tertiary/aromatic N) is 1. The predicted octanol–water partition coefficient (Wildman–Crippen LogP) is 0.105. The van der Waals surface area contributed by atoms with Crippen molar-refractivity contribution in [2.75, 3.05) is 10.5 Å². The van der Waals surface area contributed by atoms with E-state index in [1.54, 1.807) is 6.92 Å². The molecule has 0 saturated heterocycles. The Balaban J connectivity index is 0.000000491. The fraction of sp³-hybridized carbons (Fsp3) is 0.100. The van der Waals surface area contributed by atoms with Gasteiger partial charge in [-0.1, -0.05) is 5.16 Å². The molecule has 116 valence electrons. The van der Waals surface area contributed by atoms with Gasteiger partial charge in [0.2, 0.25) is 0 Å². The Labute approximate surface area is 123 Å². The minimum atomic E-state index is -3.64. The van der Waals surface area contributed by atoms with Gasteiger partial charge >= 0.3 is 0 Å². The number of rotatable bonds is 3. The van der Waals surface area contributed by atoms with Crippen molar-refractivity contribution in [2.45, 2.75) is 11.8 Å². The molecular weight excluding hydrogens is 320 g/mol. The normalized spacial score (nSPS) is 12.1. The zero-order chi connectivity index (χ0) is 16.0. The molecule has 2 aromatic rings. The van der Waals surface area contributed by atoms with E-state index >= 15 is 0 Å². The smallest absolute Gasteiger partial charge is 0.263 e. The van der Waals surface area contributed by atoms with Crippen LogP contribution in [0.25, 0.3) is 0 Å². The number of anilines is 2. The number of aryl methyl sites for hydroxylation is 1. The Morgan fingerprint density at radius 2 is 1.86 bits per heavy atom. The molecule has 21 heavy (non-hydrogen) atoms. The number of sulfonamides is 1. The van der Waals surface area contributed by atoms with Gasteiger partial charge in [0.05, 0.1) is 4.90 Å². The fourth-order valence-electron chi connectivity index (χ4n) is 1.26. The molecule has 0 aliphatic heterocycles. The molecule has 11 heteroatoms. The summed E-state index contributed by atoms with van der Waals surface area (Å²) in [6.45, 7) is 1.67. The highest BCUT2D eigenvalue weighted by Crippen LogP contribution is 2.16. The van der Waals surface area contributed by atoms with E-state index in [0.29, 0.717) is 11.4 Å². The summed E-state index contributed by atoms with van der Waals surface area (Å²) in [4.78, 5) is 0.118. The van der Waals surface area contributed by atoms with Gasteiger partial charge in [-0.25, -0.2) is 8.42 Å². The highest BCUT2D eigenvalue weighted by atomic mass is 32.2. The molecule has 0 fully saturated rings. The molecule has 0 bridgehead atoms. The molecule has 0 aliphatic carbocycles. The lowest BCUT2D eigenvalue weighted by Crippen LogP contribution is -2.13. The predicted molar refractivity (Wildman–Crippen MR) is 76.0 cm³/mol. The maximum atomic E-state index is 11.9. The number of nitrogens with two attached hydrogens (primary N) is 2. The second-order valence-corrected chi connectivity index (χ2v) is 5.96. The largest absolute Gasteiger partial charge is 0.760 e. The SMILES string of the molecule is Cc1cc(NS(=O)(=O)c2ccc(N)cc2)no1.NS(=O)[O-]. The Hall–Kier alpha value is -1.95. The van der Waals surface area contributed by atoms with Gasteiger partial charge in [-0.15, -0.1) is 0 Å². The zero-order valence-electron chi connectivity index (χ0n) is 10.8. The Kier molecular flexibility index (Phi) is 5.84. The first-order chi connectivity index (χ1) is 9.70. The van der Waals surface area contributed by atoms with Gasteiger partial charge in [-0.3, -0.25) is 14.1 Å². The van der Waals surface area contributed by atoms with Crippen molar-refractivity contribution in [3.63, 3.8) is 0 Å². The standard InChI is InChI=1S/C10H11N3O3S.H3NO2S/c1-7-6-10(12-16-7)13-17(14,15)9-4-2-8(11)3-5-9;1-4(2)3/h2-6H,11H2,1H3,(H,12,13);1H2,(H,2,3)/p-1. The summed E-state index contributed by atoms with van der Waals surface area (Å²) >= 11 is -2.36. The van der Waals surface area contributed by atoms with Crippen LogP contribution in [0.5, 0.6) is 0 Å². The van der Waals surface area contributed by atoms with E-state index in [-0.39, 0.29) is 10.7 Å². The van der Waals surface area contributed by atoms with Crippen LogP contribution in [0.3, 0.4) is 0 Å². The minimum absolute atomic E-state index is 0.118. The quantitative estimate of drug-likeness (QED) is 0.529. The molecule has 5 N–H and O–H groups in total. The lowest BCUT2D eigenvalue weighted by molar-refractivity contribution is 0.400. The van der Waals surface area contributed by atoms with Gasteiger partial charge in [-0.2, -0.15) is 0 Å². The van der Waals surface area contributed by atoms with Crippen molar-refractivity contribution in [2.24, 2.45) is 5.14 Å². The first-order valence-electron chi connectivity index (χ1n) is 5.36. The molecule has 9 nitrogen and oxygen atoms in total. The number of hydrogen-bond donors (Lipinski definition) is 3. The average molecular weight is 333 g/mol. The second-order valence-electron chi connectivity index (χ2n) is 3.76. The highest BCUT2D eigenvalue weighted by molar-refractivity contribution is 7.92. The molecule has 1 aromatic carbocycles. The summed E-state index contributed by atoms with van der Waals surface area (Å²) < 4.78 is 48.4. The van der Waals surface area contributed by atoms with E-state index in [2.05, 4.69) is 15.0 Å². The molecule has 1 unspecified atom stereocenters. The van der Waals surface area contributed by atoms with Gasteiger partial charge in [-0.05, 0) is 31.2 Å². The van der Waals surface area contributed by atoms with E-state index < -0.39 is 21.3 Å². The molecule has 0 amide bonds. The molecule has 0 radical (unpaired) electrons. The third-order valence-corrected chi connectivity index (χ3v) is 3.43. The molecule has 0 saturated carbocycles. The average Bonchev–Trinajstić information content (AvgIpc) is 2.73. The molecule has 1 atom stereocenters. The summed E-state index contributed by atoms with van der Waals surface area (Å²) in [5, 5.41) is 7.58. The number of hydrogen-bond acceptors (Lipinski definition) is 7. The lowest BCUT2D eigenvalue weighted by atomic mass is 10.3. The molecule has 1 aromatic heterocycles. The van der Waals surface area contributed by atoms with Crippen LogP contribution in [0.2, 0.25) is 0 Å². The number of nitrogen functional groups attached to an aromatic ring is 1. The highest BCUT2D eigenvalue weighted by Gasteiger charge is 2.15. The molecule has 0 spiro atoms. The molecule has 1 heterocycles. The summed E-state index contributed by atoms with van der Waals surface area (Å²) in [6, 6.07) is 7.37. The van der Waals surface area contributed by atoms with Crippen LogP contribution in [0.1, 0.15) is 5.76 Å². The molecule has 2 rings (SSSR count). The third-order valence-electron chi connectivity index (χ3n) is 2.06. The van der Waals surface area contributed by atoms with Crippen LogP contribution >= 0.6 is 0 Å². The molecule has 0 aliphatic rings. The van der Waals surface area contributed by atoms with Crippen LogP contribution in [0, 0.1) is 6.92 Å². The van der Waals surface area contributed by atoms with E-state index in [4.69, 9.17) is 19.0 Å². The summed E-state index contributed by atoms with van der Waals surface area (Å²) in [7, 11) is -3.64. The van der Waals surface area contributed by atoms with Crippen LogP contribution in [-0.4, -0.2) is 22.3 Å². The monoisotopic (exact) mass is 333 g/mol. The Morgan fingerprint density at radius 3 is 2.29 bits per heavy atom. The van der Waals surface area contributed by atoms with Crippen molar-refractivity contribution in [3.05, 3.63) is 36.1 Å². The molecular formula is C10H13N4O5S2-. The summed E-state index contributed by atoms with van der Waals surface area (Å²) in [6.07, 6.45) is 0. The minimum Gasteiger partial charge on any atom is -0.760 e. The van der Waals surface area contributed by atoms with Crippen molar-refractivity contribution in [1.82, 2.24) is 5.16 Å². The summed E-state index contributed by atoms with van der Waals surface area (Å²) in [5.74, 6) is 0.680. The fourth-order valence-corrected chi connectivity index (χ4v) is 2.24. The first kappa shape index (κ1) is 17.1. The van der Waals surface area contributed by atoms with Crippen LogP contribution in [-0.2, 0) is 21.3 Å². The van der Waals surface area contributed by atoms with Crippen LogP contribution in [0.15, 0.2) is 39.8 Å². The van der Waals surface area contributed by atoms with Crippen molar-refractivity contribution >= 4 is 32.8 Å². The Bertz CT molecular complexity index is 707. The van der Waals surface area contributed by atoms with Gasteiger partial charge in [0.25, 0.3) is 10.0 Å². The number of aromatic nitrogens is 1.